The predicted octanol–water partition coefficient (Wildman–Crippen LogP) is 3.80. The summed E-state index contributed by atoms with van der Waals surface area (Å²) < 4.78 is 0. The van der Waals surface area contributed by atoms with Gasteiger partial charge in [-0.3, -0.25) is 0 Å². The molecule has 0 saturated carbocycles. The Morgan fingerprint density at radius 2 is 2.17 bits per heavy atom. The van der Waals surface area contributed by atoms with Gasteiger partial charge in [-0.2, -0.15) is 23.5 Å². The van der Waals surface area contributed by atoms with Crippen LogP contribution in [-0.4, -0.2) is 29.1 Å². The molecule has 1 aromatic carbocycles. The Kier molecular flexibility index (Phi) is 5.46. The van der Waals surface area contributed by atoms with Gasteiger partial charge < -0.3 is 5.32 Å². The van der Waals surface area contributed by atoms with Gasteiger partial charge in [0.1, 0.15) is 0 Å². The summed E-state index contributed by atoms with van der Waals surface area (Å²) >= 11 is 4.24. The van der Waals surface area contributed by atoms with Crippen LogP contribution in [0.3, 0.4) is 0 Å². The lowest BCUT2D eigenvalue weighted by Gasteiger charge is -2.31. The largest absolute Gasteiger partial charge is 0.309 e. The van der Waals surface area contributed by atoms with Crippen LogP contribution in [0, 0.1) is 13.8 Å². The van der Waals surface area contributed by atoms with Gasteiger partial charge in [0.25, 0.3) is 0 Å². The molecule has 1 saturated heterocycles. The number of rotatable bonds is 4. The van der Waals surface area contributed by atoms with Gasteiger partial charge in [0.15, 0.2) is 0 Å². The maximum absolute atomic E-state index is 3.70. The Hall–Kier alpha value is -0.120. The van der Waals surface area contributed by atoms with E-state index < -0.39 is 0 Å². The molecule has 1 aliphatic rings. The van der Waals surface area contributed by atoms with Crippen LogP contribution in [0.4, 0.5) is 0 Å². The Morgan fingerprint density at radius 1 is 1.33 bits per heavy atom. The summed E-state index contributed by atoms with van der Waals surface area (Å²) in [5.41, 5.74) is 4.36. The molecular weight excluding hydrogens is 258 g/mol. The van der Waals surface area contributed by atoms with Crippen LogP contribution in [0.15, 0.2) is 18.2 Å². The van der Waals surface area contributed by atoms with E-state index in [9.17, 15) is 0 Å². The lowest BCUT2D eigenvalue weighted by Crippen LogP contribution is -2.34. The molecule has 1 aromatic rings. The fourth-order valence-corrected chi connectivity index (χ4v) is 5.33. The number of benzene rings is 1. The van der Waals surface area contributed by atoms with Crippen molar-refractivity contribution < 1.29 is 0 Å². The van der Waals surface area contributed by atoms with Crippen molar-refractivity contribution in [1.82, 2.24) is 5.32 Å². The van der Waals surface area contributed by atoms with E-state index in [0.717, 1.165) is 6.54 Å². The molecule has 0 radical (unpaired) electrons. The van der Waals surface area contributed by atoms with Crippen molar-refractivity contribution in [2.45, 2.75) is 32.1 Å². The number of thioether (sulfide) groups is 2. The van der Waals surface area contributed by atoms with Gasteiger partial charge in [0, 0.05) is 28.6 Å². The van der Waals surface area contributed by atoms with Gasteiger partial charge in [0.2, 0.25) is 0 Å². The molecule has 0 bridgehead atoms. The Balaban J connectivity index is 2.25. The molecule has 1 nitrogen and oxygen atoms in total. The Bertz CT molecular complexity index is 386. The first-order valence-corrected chi connectivity index (χ1v) is 8.93. The standard InChI is InChI=1S/C15H23NS2/c1-4-16-15(14-10-17-8-9-18-14)13-7-5-6-11(2)12(13)3/h5-7,14-16H,4,8-10H2,1-3H3. The molecule has 100 valence electrons. The van der Waals surface area contributed by atoms with Crippen molar-refractivity contribution in [2.24, 2.45) is 0 Å². The first-order chi connectivity index (χ1) is 8.74. The van der Waals surface area contributed by atoms with E-state index in [-0.39, 0.29) is 0 Å². The molecule has 0 aliphatic carbocycles. The molecule has 18 heavy (non-hydrogen) atoms. The Labute approximate surface area is 120 Å². The monoisotopic (exact) mass is 281 g/mol. The van der Waals surface area contributed by atoms with Gasteiger partial charge in [-0.05, 0) is 37.1 Å². The van der Waals surface area contributed by atoms with Crippen LogP contribution in [0.1, 0.15) is 29.7 Å². The van der Waals surface area contributed by atoms with Crippen LogP contribution < -0.4 is 5.32 Å². The first-order valence-electron chi connectivity index (χ1n) is 6.73. The molecule has 0 spiro atoms. The predicted molar refractivity (Wildman–Crippen MR) is 85.9 cm³/mol. The molecule has 2 unspecified atom stereocenters. The van der Waals surface area contributed by atoms with Crippen molar-refractivity contribution in [1.29, 1.82) is 0 Å². The van der Waals surface area contributed by atoms with Crippen LogP contribution in [0.2, 0.25) is 0 Å². The van der Waals surface area contributed by atoms with E-state index in [4.69, 9.17) is 0 Å². The molecule has 2 rings (SSSR count). The SMILES string of the molecule is CCNC(c1cccc(C)c1C)C1CSCCS1. The molecule has 3 heteroatoms. The lowest BCUT2D eigenvalue weighted by molar-refractivity contribution is 0.548. The van der Waals surface area contributed by atoms with Crippen molar-refractivity contribution in [3.05, 3.63) is 34.9 Å². The number of nitrogens with one attached hydrogen (secondary N) is 1. The average Bonchev–Trinajstić information content (AvgIpc) is 2.41. The van der Waals surface area contributed by atoms with Crippen LogP contribution >= 0.6 is 23.5 Å². The summed E-state index contributed by atoms with van der Waals surface area (Å²) in [5, 5.41) is 4.41. The van der Waals surface area contributed by atoms with Crippen LogP contribution in [-0.2, 0) is 0 Å². The maximum atomic E-state index is 3.70. The number of hydrogen-bond donors (Lipinski definition) is 1. The van der Waals surface area contributed by atoms with E-state index in [1.165, 1.54) is 33.9 Å². The number of hydrogen-bond acceptors (Lipinski definition) is 3. The number of aryl methyl sites for hydroxylation is 1. The van der Waals surface area contributed by atoms with Gasteiger partial charge in [-0.15, -0.1) is 0 Å². The van der Waals surface area contributed by atoms with Gasteiger partial charge in [-0.1, -0.05) is 25.1 Å². The fraction of sp³-hybridized carbons (Fsp3) is 0.600. The smallest absolute Gasteiger partial charge is 0.0451 e. The molecule has 0 amide bonds. The van der Waals surface area contributed by atoms with Crippen molar-refractivity contribution in [2.75, 3.05) is 23.8 Å². The van der Waals surface area contributed by atoms with E-state index >= 15 is 0 Å². The minimum Gasteiger partial charge on any atom is -0.309 e. The molecule has 0 aromatic heterocycles. The van der Waals surface area contributed by atoms with Crippen LogP contribution in [0.5, 0.6) is 0 Å². The zero-order chi connectivity index (χ0) is 13.0. The van der Waals surface area contributed by atoms with Gasteiger partial charge in [0.05, 0.1) is 0 Å². The normalized spacial score (nSPS) is 21.8. The Morgan fingerprint density at radius 3 is 2.83 bits per heavy atom. The third-order valence-electron chi connectivity index (χ3n) is 3.62. The third kappa shape index (κ3) is 3.25. The molecular formula is C15H23NS2. The minimum atomic E-state index is 0.507. The molecule has 1 fully saturated rings. The molecule has 1 N–H and O–H groups in total. The minimum absolute atomic E-state index is 0.507. The summed E-state index contributed by atoms with van der Waals surface area (Å²) in [7, 11) is 0. The topological polar surface area (TPSA) is 12.0 Å². The summed E-state index contributed by atoms with van der Waals surface area (Å²) in [6.07, 6.45) is 0. The van der Waals surface area contributed by atoms with E-state index in [1.54, 1.807) is 0 Å². The molecule has 1 aliphatic heterocycles. The zero-order valence-electron chi connectivity index (χ0n) is 11.5. The summed E-state index contributed by atoms with van der Waals surface area (Å²) in [6.45, 7) is 7.72. The second kappa shape index (κ2) is 6.88. The van der Waals surface area contributed by atoms with E-state index in [2.05, 4.69) is 67.8 Å². The maximum Gasteiger partial charge on any atom is 0.0451 e. The molecule has 2 atom stereocenters. The highest BCUT2D eigenvalue weighted by Gasteiger charge is 2.26. The molecule has 1 heterocycles. The highest BCUT2D eigenvalue weighted by atomic mass is 32.2. The van der Waals surface area contributed by atoms with Gasteiger partial charge >= 0.3 is 0 Å². The second-order valence-corrected chi connectivity index (χ2v) is 7.31. The summed E-state index contributed by atoms with van der Waals surface area (Å²) in [4.78, 5) is 0. The van der Waals surface area contributed by atoms with Crippen molar-refractivity contribution in [3.8, 4) is 0 Å². The highest BCUT2D eigenvalue weighted by molar-refractivity contribution is 8.06. The second-order valence-electron chi connectivity index (χ2n) is 4.81. The highest BCUT2D eigenvalue weighted by Crippen LogP contribution is 2.35. The lowest BCUT2D eigenvalue weighted by atomic mass is 9.95. The quantitative estimate of drug-likeness (QED) is 0.901. The van der Waals surface area contributed by atoms with E-state index in [0.29, 0.717) is 11.3 Å². The van der Waals surface area contributed by atoms with Crippen molar-refractivity contribution in [3.63, 3.8) is 0 Å². The summed E-state index contributed by atoms with van der Waals surface area (Å²) in [6, 6.07) is 7.22. The van der Waals surface area contributed by atoms with Crippen molar-refractivity contribution >= 4 is 23.5 Å². The first kappa shape index (κ1) is 14.3. The van der Waals surface area contributed by atoms with E-state index in [1.807, 2.05) is 0 Å². The average molecular weight is 281 g/mol. The zero-order valence-corrected chi connectivity index (χ0v) is 13.2. The third-order valence-corrected chi connectivity index (χ3v) is 6.48. The fourth-order valence-electron chi connectivity index (χ4n) is 2.47. The summed E-state index contributed by atoms with van der Waals surface area (Å²) in [5.74, 6) is 3.88. The van der Waals surface area contributed by atoms with Gasteiger partial charge in [-0.25, -0.2) is 0 Å². The van der Waals surface area contributed by atoms with Crippen LogP contribution in [0.25, 0.3) is 0 Å².